The number of amides is 2. The lowest BCUT2D eigenvalue weighted by atomic mass is 10.1. The van der Waals surface area contributed by atoms with E-state index < -0.39 is 91.5 Å². The molecule has 0 radical (unpaired) electrons. The molecule has 3 aromatic heterocycles. The number of nitrogens with one attached hydrogen (secondary N) is 2. The number of H-pyrrole nitrogens is 1. The molecule has 1 atom stereocenters. The molecule has 0 fully saturated rings. The average Bonchev–Trinajstić information content (AvgIpc) is 3.58. The maximum absolute atomic E-state index is 15.2. The Morgan fingerprint density at radius 1 is 1.16 bits per heavy atom. The highest BCUT2D eigenvalue weighted by atomic mass is 32.2. The fourth-order valence-electron chi connectivity index (χ4n) is 4.20. The number of ether oxygens (including phenoxy) is 1. The summed E-state index contributed by atoms with van der Waals surface area (Å²) >= 11 is 0. The first kappa shape index (κ1) is 31.3. The van der Waals surface area contributed by atoms with Crippen LogP contribution < -0.4 is 16.0 Å². The molecule has 1 aromatic carbocycles. The van der Waals surface area contributed by atoms with E-state index in [2.05, 4.69) is 39.6 Å². The quantitative estimate of drug-likeness (QED) is 0.298. The summed E-state index contributed by atoms with van der Waals surface area (Å²) in [5, 5.41) is 8.53. The number of carbonyl (C=O) groups is 2. The van der Waals surface area contributed by atoms with Gasteiger partial charge in [-0.05, 0) is 44.5 Å². The van der Waals surface area contributed by atoms with Crippen molar-refractivity contribution in [2.45, 2.75) is 50.0 Å². The Hall–Kier alpha value is -5.14. The third-order valence-electron chi connectivity index (χ3n) is 6.08. The third-order valence-corrected chi connectivity index (χ3v) is 7.84. The van der Waals surface area contributed by atoms with Crippen LogP contribution in [-0.2, 0) is 32.1 Å². The molecule has 0 saturated heterocycles. The van der Waals surface area contributed by atoms with E-state index in [4.69, 9.17) is 4.74 Å². The van der Waals surface area contributed by atoms with E-state index in [9.17, 15) is 36.0 Å². The van der Waals surface area contributed by atoms with Gasteiger partial charge >= 0.3 is 18.0 Å². The lowest BCUT2D eigenvalue weighted by Gasteiger charge is -2.27. The molecule has 0 aliphatic carbocycles. The van der Waals surface area contributed by atoms with Crippen molar-refractivity contribution in [2.75, 3.05) is 10.7 Å². The Morgan fingerprint density at radius 3 is 2.47 bits per heavy atom. The topological polar surface area (TPSA) is 203 Å². The van der Waals surface area contributed by atoms with E-state index in [0.29, 0.717) is 6.07 Å². The lowest BCUT2D eigenvalue weighted by molar-refractivity contribution is -0.146. The fourth-order valence-corrected chi connectivity index (χ4v) is 5.82. The second-order valence-electron chi connectivity index (χ2n) is 10.6. The molecule has 20 heteroatoms. The first-order valence-corrected chi connectivity index (χ1v) is 14.4. The Bertz CT molecular complexity index is 1950. The van der Waals surface area contributed by atoms with Crippen molar-refractivity contribution >= 4 is 27.5 Å². The number of rotatable bonds is 5. The number of hydrogen-bond donors (Lipinski definition) is 2. The van der Waals surface area contributed by atoms with E-state index in [1.54, 1.807) is 20.8 Å². The number of halogens is 4. The van der Waals surface area contributed by atoms with Crippen LogP contribution in [0.5, 0.6) is 0 Å². The molecule has 0 bridgehead atoms. The zero-order chi connectivity index (χ0) is 32.9. The van der Waals surface area contributed by atoms with E-state index in [1.807, 2.05) is 0 Å². The summed E-state index contributed by atoms with van der Waals surface area (Å²) in [5.74, 6) is -6.54. The van der Waals surface area contributed by atoms with E-state index in [0.717, 1.165) is 17.2 Å². The molecule has 238 valence electrons. The van der Waals surface area contributed by atoms with Gasteiger partial charge in [-0.2, -0.15) is 18.2 Å². The van der Waals surface area contributed by atoms with Gasteiger partial charge in [0.2, 0.25) is 0 Å². The molecule has 4 aromatic rings. The second-order valence-corrected chi connectivity index (χ2v) is 12.6. The smallest absolute Gasteiger partial charge is 0.444 e. The van der Waals surface area contributed by atoms with Crippen LogP contribution in [0.15, 0.2) is 49.2 Å². The molecule has 0 saturated carbocycles. The maximum atomic E-state index is 15.2. The van der Waals surface area contributed by atoms with Gasteiger partial charge in [-0.15, -0.1) is 0 Å². The highest BCUT2D eigenvalue weighted by Crippen LogP contribution is 2.37. The minimum Gasteiger partial charge on any atom is -0.444 e. The molecule has 4 heterocycles. The van der Waals surface area contributed by atoms with Crippen LogP contribution in [0.3, 0.4) is 0 Å². The Labute approximate surface area is 249 Å². The van der Waals surface area contributed by atoms with Crippen LogP contribution in [0.4, 0.5) is 28.0 Å². The standard InChI is InChI=1S/C25H21F4N7O8S/c1-24(2,3)42-22(38)31-15-10-45(40,41)17-7-13(26)12(18-32-23(39)44-34-18)6-16(17)36(20(15)37)9-11-4-5-14(30-8-11)19-33-21(35-43-19)25(27,28)29/h4-8,15H,9-10H2,1-3H3,(H,31,38)(H,32,34,39)/t15-/m0/s1. The largest absolute Gasteiger partial charge is 0.455 e. The van der Waals surface area contributed by atoms with Crippen molar-refractivity contribution in [2.24, 2.45) is 0 Å². The number of aromatic amines is 1. The number of sulfone groups is 1. The first-order chi connectivity index (χ1) is 20.9. The summed E-state index contributed by atoms with van der Waals surface area (Å²) in [6.07, 6.45) is -4.81. The van der Waals surface area contributed by atoms with Crippen molar-refractivity contribution in [1.29, 1.82) is 0 Å². The SMILES string of the molecule is CC(C)(C)OC(=O)N[C@H]1CS(=O)(=O)c2cc(F)c(-c3noc(=O)[nH]3)cc2N(Cc2ccc(-c3nc(C(F)(F)F)no3)nc2)C1=O. The molecular weight excluding hydrogens is 634 g/mol. The molecule has 1 aliphatic heterocycles. The van der Waals surface area contributed by atoms with Crippen LogP contribution in [0.1, 0.15) is 32.2 Å². The number of nitrogens with zero attached hydrogens (tertiary/aromatic N) is 5. The van der Waals surface area contributed by atoms with Crippen LogP contribution in [0.25, 0.3) is 23.0 Å². The van der Waals surface area contributed by atoms with Gasteiger partial charge in [-0.25, -0.2) is 22.4 Å². The lowest BCUT2D eigenvalue weighted by Crippen LogP contribution is -2.51. The third kappa shape index (κ3) is 6.69. The van der Waals surface area contributed by atoms with E-state index >= 15 is 4.39 Å². The summed E-state index contributed by atoms with van der Waals surface area (Å²) < 4.78 is 94.9. The number of alkyl halides is 3. The number of anilines is 1. The Kier molecular flexibility index (Phi) is 7.71. The molecule has 0 unspecified atom stereocenters. The van der Waals surface area contributed by atoms with Crippen LogP contribution >= 0.6 is 0 Å². The Morgan fingerprint density at radius 2 is 1.89 bits per heavy atom. The highest BCUT2D eigenvalue weighted by molar-refractivity contribution is 7.91. The van der Waals surface area contributed by atoms with E-state index in [1.165, 1.54) is 12.1 Å². The van der Waals surface area contributed by atoms with Crippen molar-refractivity contribution in [3.63, 3.8) is 0 Å². The summed E-state index contributed by atoms with van der Waals surface area (Å²) in [6.45, 7) is 4.22. The van der Waals surface area contributed by atoms with Gasteiger partial charge in [-0.1, -0.05) is 16.4 Å². The normalized spacial score (nSPS) is 16.6. The van der Waals surface area contributed by atoms with E-state index in [-0.39, 0.29) is 16.9 Å². The van der Waals surface area contributed by atoms with Crippen molar-refractivity contribution < 1.29 is 49.4 Å². The number of benzene rings is 1. The predicted molar refractivity (Wildman–Crippen MR) is 141 cm³/mol. The first-order valence-electron chi connectivity index (χ1n) is 12.7. The van der Waals surface area contributed by atoms with Crippen LogP contribution in [0, 0.1) is 5.82 Å². The molecule has 5 rings (SSSR count). The highest BCUT2D eigenvalue weighted by Gasteiger charge is 2.41. The minimum atomic E-state index is -4.86. The zero-order valence-electron chi connectivity index (χ0n) is 23.3. The van der Waals surface area contributed by atoms with Gasteiger partial charge in [-0.3, -0.25) is 19.3 Å². The monoisotopic (exact) mass is 655 g/mol. The average molecular weight is 656 g/mol. The van der Waals surface area contributed by atoms with Crippen molar-refractivity contribution in [3.8, 4) is 23.0 Å². The number of alkyl carbamates (subject to hydrolysis) is 1. The zero-order valence-corrected chi connectivity index (χ0v) is 24.1. The molecule has 15 nitrogen and oxygen atoms in total. The van der Waals surface area contributed by atoms with Crippen LogP contribution in [-0.4, -0.2) is 63.1 Å². The minimum absolute atomic E-state index is 0.143. The summed E-state index contributed by atoms with van der Waals surface area (Å²) in [6, 6.07) is 2.44. The molecule has 2 N–H and O–H groups in total. The van der Waals surface area contributed by atoms with Gasteiger partial charge in [0.15, 0.2) is 15.7 Å². The number of fused-ring (bicyclic) bond motifs is 1. The van der Waals surface area contributed by atoms with Gasteiger partial charge in [0.05, 0.1) is 28.4 Å². The summed E-state index contributed by atoms with van der Waals surface area (Å²) in [5.41, 5.74) is -1.69. The number of aromatic nitrogens is 5. The Balaban J connectivity index is 1.56. The van der Waals surface area contributed by atoms with Crippen molar-refractivity contribution in [1.82, 2.24) is 30.6 Å². The van der Waals surface area contributed by atoms with Gasteiger partial charge in [0.1, 0.15) is 23.2 Å². The number of carbonyl (C=O) groups excluding carboxylic acids is 2. The molecule has 0 spiro atoms. The van der Waals surface area contributed by atoms with Crippen molar-refractivity contribution in [3.05, 3.63) is 58.2 Å². The van der Waals surface area contributed by atoms with Gasteiger partial charge < -0.3 is 19.5 Å². The predicted octanol–water partition coefficient (Wildman–Crippen LogP) is 2.85. The number of pyridine rings is 1. The van der Waals surface area contributed by atoms with Gasteiger partial charge in [0, 0.05) is 6.20 Å². The molecule has 2 amide bonds. The maximum Gasteiger partial charge on any atom is 0.455 e. The second kappa shape index (κ2) is 11.1. The molecule has 1 aliphatic rings. The molecular formula is C25H21F4N7O8S. The number of hydrogen-bond acceptors (Lipinski definition) is 12. The fraction of sp³-hybridized carbons (Fsp3) is 0.320. The van der Waals surface area contributed by atoms with Crippen LogP contribution in [0.2, 0.25) is 0 Å². The van der Waals surface area contributed by atoms with Gasteiger partial charge in [0.25, 0.3) is 17.6 Å². The molecule has 45 heavy (non-hydrogen) atoms. The summed E-state index contributed by atoms with van der Waals surface area (Å²) in [7, 11) is -4.47. The summed E-state index contributed by atoms with van der Waals surface area (Å²) in [4.78, 5) is 47.6.